The lowest BCUT2D eigenvalue weighted by atomic mass is 10.0. The van der Waals surface area contributed by atoms with Gasteiger partial charge in [-0.05, 0) is 36.2 Å². The molecule has 0 radical (unpaired) electrons. The van der Waals surface area contributed by atoms with Gasteiger partial charge in [-0.1, -0.05) is 55.3 Å². The van der Waals surface area contributed by atoms with Crippen molar-refractivity contribution < 1.29 is 4.74 Å². The number of fused-ring (bicyclic) bond motifs is 2. The van der Waals surface area contributed by atoms with Gasteiger partial charge in [-0.25, -0.2) is 0 Å². The number of ether oxygens (including phenoxy) is 1. The van der Waals surface area contributed by atoms with Crippen molar-refractivity contribution in [3.05, 3.63) is 54.1 Å². The van der Waals surface area contributed by atoms with Crippen molar-refractivity contribution in [3.8, 4) is 5.75 Å². The van der Waals surface area contributed by atoms with Gasteiger partial charge in [0.25, 0.3) is 0 Å². The monoisotopic (exact) mass is 264 g/mol. The third-order valence-corrected chi connectivity index (χ3v) is 3.71. The van der Waals surface area contributed by atoms with Crippen LogP contribution in [-0.4, -0.2) is 6.61 Å². The summed E-state index contributed by atoms with van der Waals surface area (Å²) in [7, 11) is 0. The molecular weight excluding hydrogens is 244 g/mol. The molecule has 0 unspecified atom stereocenters. The fourth-order valence-corrected chi connectivity index (χ4v) is 2.61. The predicted octanol–water partition coefficient (Wildman–Crippen LogP) is 5.48. The minimum Gasteiger partial charge on any atom is -0.492 e. The minimum atomic E-state index is 0.785. The van der Waals surface area contributed by atoms with Gasteiger partial charge in [0, 0.05) is 10.8 Å². The van der Waals surface area contributed by atoms with Gasteiger partial charge in [0.1, 0.15) is 5.75 Å². The van der Waals surface area contributed by atoms with E-state index >= 15 is 0 Å². The molecule has 0 fully saturated rings. The van der Waals surface area contributed by atoms with E-state index in [1.54, 1.807) is 0 Å². The molecule has 1 nitrogen and oxygen atoms in total. The molecule has 3 aromatic rings. The average Bonchev–Trinajstić information content (AvgIpc) is 2.47. The van der Waals surface area contributed by atoms with Crippen LogP contribution in [0.4, 0.5) is 0 Å². The summed E-state index contributed by atoms with van der Waals surface area (Å²) < 4.78 is 6.13. The van der Waals surface area contributed by atoms with Crippen molar-refractivity contribution in [2.75, 3.05) is 6.61 Å². The molecule has 0 aliphatic heterocycles. The van der Waals surface area contributed by atoms with Gasteiger partial charge < -0.3 is 4.74 Å². The third-order valence-electron chi connectivity index (χ3n) is 3.71. The zero-order valence-electron chi connectivity index (χ0n) is 12.1. The Morgan fingerprint density at radius 1 is 0.900 bits per heavy atom. The standard InChI is InChI=1S/C19H20O/c1-3-4-11-20-19-17-8-6-5-7-15(17)13-16-10-9-14(2)12-18(16)19/h5-10,12-13H,3-4,11H2,1-2H3. The third kappa shape index (κ3) is 2.36. The quantitative estimate of drug-likeness (QED) is 0.448. The second-order valence-corrected chi connectivity index (χ2v) is 5.35. The Kier molecular flexibility index (Phi) is 3.60. The summed E-state index contributed by atoms with van der Waals surface area (Å²) in [6.07, 6.45) is 2.25. The number of rotatable bonds is 4. The molecule has 0 saturated carbocycles. The molecule has 0 spiro atoms. The summed E-state index contributed by atoms with van der Waals surface area (Å²) in [5.41, 5.74) is 1.27. The largest absolute Gasteiger partial charge is 0.492 e. The van der Waals surface area contributed by atoms with E-state index < -0.39 is 0 Å². The Balaban J connectivity index is 2.24. The van der Waals surface area contributed by atoms with Gasteiger partial charge in [-0.2, -0.15) is 0 Å². The molecule has 0 aromatic heterocycles. The molecule has 0 heterocycles. The van der Waals surface area contributed by atoms with Crippen LogP contribution in [0.15, 0.2) is 48.5 Å². The molecule has 0 amide bonds. The molecule has 3 rings (SSSR count). The van der Waals surface area contributed by atoms with E-state index in [1.165, 1.54) is 27.1 Å². The fourth-order valence-electron chi connectivity index (χ4n) is 2.61. The smallest absolute Gasteiger partial charge is 0.134 e. The molecule has 0 atom stereocenters. The fraction of sp³-hybridized carbons (Fsp3) is 0.263. The molecule has 3 aromatic carbocycles. The topological polar surface area (TPSA) is 9.23 Å². The lowest BCUT2D eigenvalue weighted by molar-refractivity contribution is 0.316. The van der Waals surface area contributed by atoms with E-state index in [1.807, 2.05) is 0 Å². The molecule has 1 heteroatoms. The zero-order valence-corrected chi connectivity index (χ0v) is 12.1. The van der Waals surface area contributed by atoms with Gasteiger partial charge in [0.2, 0.25) is 0 Å². The van der Waals surface area contributed by atoms with Crippen LogP contribution in [0.3, 0.4) is 0 Å². The van der Waals surface area contributed by atoms with Gasteiger partial charge in [-0.15, -0.1) is 0 Å². The van der Waals surface area contributed by atoms with Crippen LogP contribution < -0.4 is 4.74 Å². The summed E-state index contributed by atoms with van der Waals surface area (Å²) >= 11 is 0. The maximum Gasteiger partial charge on any atom is 0.134 e. The van der Waals surface area contributed by atoms with E-state index in [4.69, 9.17) is 4.74 Å². The molecule has 0 N–H and O–H groups in total. The summed E-state index contributed by atoms with van der Waals surface area (Å²) in [6, 6.07) is 17.3. The highest BCUT2D eigenvalue weighted by atomic mass is 16.5. The highest BCUT2D eigenvalue weighted by Gasteiger charge is 2.08. The maximum atomic E-state index is 6.13. The first-order valence-corrected chi connectivity index (χ1v) is 7.34. The summed E-state index contributed by atoms with van der Waals surface area (Å²) in [5, 5.41) is 4.93. The van der Waals surface area contributed by atoms with E-state index in [-0.39, 0.29) is 0 Å². The first kappa shape index (κ1) is 13.0. The van der Waals surface area contributed by atoms with Crippen molar-refractivity contribution in [2.24, 2.45) is 0 Å². The average molecular weight is 264 g/mol. The maximum absolute atomic E-state index is 6.13. The summed E-state index contributed by atoms with van der Waals surface area (Å²) in [4.78, 5) is 0. The van der Waals surface area contributed by atoms with Crippen molar-refractivity contribution in [2.45, 2.75) is 26.7 Å². The van der Waals surface area contributed by atoms with Crippen LogP contribution in [0.2, 0.25) is 0 Å². The van der Waals surface area contributed by atoms with Crippen LogP contribution in [0.5, 0.6) is 5.75 Å². The van der Waals surface area contributed by atoms with Crippen LogP contribution in [-0.2, 0) is 0 Å². The molecule has 20 heavy (non-hydrogen) atoms. The van der Waals surface area contributed by atoms with Gasteiger partial charge >= 0.3 is 0 Å². The van der Waals surface area contributed by atoms with E-state index in [0.29, 0.717) is 0 Å². The highest BCUT2D eigenvalue weighted by Crippen LogP contribution is 2.35. The molecule has 102 valence electrons. The first-order chi connectivity index (χ1) is 9.79. The summed E-state index contributed by atoms with van der Waals surface area (Å²) in [5.74, 6) is 1.04. The molecule has 0 saturated heterocycles. The number of aryl methyl sites for hydroxylation is 1. The van der Waals surface area contributed by atoms with E-state index in [9.17, 15) is 0 Å². The Morgan fingerprint density at radius 2 is 1.70 bits per heavy atom. The SMILES string of the molecule is CCCCOc1c2ccccc2cc2ccc(C)cc12. The van der Waals surface area contributed by atoms with Crippen molar-refractivity contribution >= 4 is 21.5 Å². The Labute approximate surface area is 120 Å². The predicted molar refractivity (Wildman–Crippen MR) is 86.6 cm³/mol. The lowest BCUT2D eigenvalue weighted by Crippen LogP contribution is -1.98. The van der Waals surface area contributed by atoms with Gasteiger partial charge in [0.05, 0.1) is 6.61 Å². The number of benzene rings is 3. The van der Waals surface area contributed by atoms with Crippen molar-refractivity contribution in [1.29, 1.82) is 0 Å². The second-order valence-electron chi connectivity index (χ2n) is 5.35. The van der Waals surface area contributed by atoms with E-state index in [2.05, 4.69) is 62.4 Å². The van der Waals surface area contributed by atoms with Crippen molar-refractivity contribution in [1.82, 2.24) is 0 Å². The minimum absolute atomic E-state index is 0.785. The molecule has 0 aliphatic carbocycles. The van der Waals surface area contributed by atoms with Crippen molar-refractivity contribution in [3.63, 3.8) is 0 Å². The van der Waals surface area contributed by atoms with Crippen LogP contribution in [0.1, 0.15) is 25.3 Å². The lowest BCUT2D eigenvalue weighted by Gasteiger charge is -2.13. The normalized spacial score (nSPS) is 11.1. The molecule has 0 bridgehead atoms. The summed E-state index contributed by atoms with van der Waals surface area (Å²) in [6.45, 7) is 5.10. The van der Waals surface area contributed by atoms with Gasteiger partial charge in [0.15, 0.2) is 0 Å². The highest BCUT2D eigenvalue weighted by molar-refractivity contribution is 6.05. The van der Waals surface area contributed by atoms with Crippen LogP contribution in [0, 0.1) is 6.92 Å². The Bertz CT molecular complexity index is 743. The van der Waals surface area contributed by atoms with Crippen LogP contribution in [0.25, 0.3) is 21.5 Å². The zero-order chi connectivity index (χ0) is 13.9. The van der Waals surface area contributed by atoms with Gasteiger partial charge in [-0.3, -0.25) is 0 Å². The second kappa shape index (κ2) is 5.54. The van der Waals surface area contributed by atoms with Crippen LogP contribution >= 0.6 is 0 Å². The Hall–Kier alpha value is -2.02. The first-order valence-electron chi connectivity index (χ1n) is 7.34. The number of hydrogen-bond acceptors (Lipinski definition) is 1. The Morgan fingerprint density at radius 3 is 2.55 bits per heavy atom. The van der Waals surface area contributed by atoms with E-state index in [0.717, 1.165) is 25.2 Å². The molecular formula is C19H20O. The number of unbranched alkanes of at least 4 members (excludes halogenated alkanes) is 1. The molecule has 0 aliphatic rings. The number of hydrogen-bond donors (Lipinski definition) is 0.